The van der Waals surface area contributed by atoms with Crippen LogP contribution in [0.15, 0.2) is 59.9 Å². The van der Waals surface area contributed by atoms with E-state index >= 15 is 0 Å². The van der Waals surface area contributed by atoms with Crippen LogP contribution in [0.3, 0.4) is 0 Å². The minimum absolute atomic E-state index is 0. The quantitative estimate of drug-likeness (QED) is 0.366. The van der Waals surface area contributed by atoms with E-state index in [1.54, 1.807) is 7.05 Å². The van der Waals surface area contributed by atoms with Crippen molar-refractivity contribution in [3.8, 4) is 0 Å². The Morgan fingerprint density at radius 1 is 0.960 bits per heavy atom. The van der Waals surface area contributed by atoms with Gasteiger partial charge >= 0.3 is 0 Å². The number of benzene rings is 1. The number of fused-ring (bicyclic) bond motifs is 1. The van der Waals surface area contributed by atoms with Crippen LogP contribution in [-0.2, 0) is 13.1 Å². The van der Waals surface area contributed by atoms with Gasteiger partial charge in [0.05, 0.1) is 17.8 Å². The van der Waals surface area contributed by atoms with Crippen molar-refractivity contribution in [1.82, 2.24) is 20.6 Å². The summed E-state index contributed by atoms with van der Waals surface area (Å²) in [5.41, 5.74) is 4.39. The second-order valence-electron chi connectivity index (χ2n) is 5.53. The SMILES string of the molecule is CN=C(NCc1ncccc1C)NCc1ccnc2ccccc12.I. The maximum absolute atomic E-state index is 4.39. The third-order valence-electron chi connectivity index (χ3n) is 3.95. The van der Waals surface area contributed by atoms with Crippen molar-refractivity contribution in [3.05, 3.63) is 71.7 Å². The van der Waals surface area contributed by atoms with Crippen molar-refractivity contribution in [2.24, 2.45) is 4.99 Å². The lowest BCUT2D eigenvalue weighted by molar-refractivity contribution is 0.791. The number of para-hydroxylation sites is 1. The summed E-state index contributed by atoms with van der Waals surface area (Å²) in [6, 6.07) is 14.2. The van der Waals surface area contributed by atoms with Gasteiger partial charge in [-0.05, 0) is 36.2 Å². The molecule has 0 atom stereocenters. The topological polar surface area (TPSA) is 62.2 Å². The van der Waals surface area contributed by atoms with Gasteiger partial charge in [0.1, 0.15) is 0 Å². The molecule has 0 aliphatic rings. The molecule has 3 rings (SSSR count). The Morgan fingerprint density at radius 3 is 2.56 bits per heavy atom. The number of halogens is 1. The third-order valence-corrected chi connectivity index (χ3v) is 3.95. The van der Waals surface area contributed by atoms with Crippen LogP contribution >= 0.6 is 24.0 Å². The van der Waals surface area contributed by atoms with Crippen LogP contribution in [0.25, 0.3) is 10.9 Å². The summed E-state index contributed by atoms with van der Waals surface area (Å²) in [5.74, 6) is 0.751. The fourth-order valence-corrected chi connectivity index (χ4v) is 2.58. The Kier molecular flexibility index (Phi) is 7.12. The van der Waals surface area contributed by atoms with Crippen molar-refractivity contribution in [3.63, 3.8) is 0 Å². The van der Waals surface area contributed by atoms with Gasteiger partial charge in [-0.3, -0.25) is 15.0 Å². The monoisotopic (exact) mass is 447 g/mol. The van der Waals surface area contributed by atoms with E-state index in [0.717, 1.165) is 22.6 Å². The van der Waals surface area contributed by atoms with Crippen LogP contribution in [0.4, 0.5) is 0 Å². The molecule has 1 aromatic carbocycles. The van der Waals surface area contributed by atoms with Crippen LogP contribution < -0.4 is 10.6 Å². The third kappa shape index (κ3) is 4.88. The minimum atomic E-state index is 0. The van der Waals surface area contributed by atoms with Gasteiger partial charge in [-0.25, -0.2) is 0 Å². The Labute approximate surface area is 165 Å². The molecule has 0 aliphatic carbocycles. The first kappa shape index (κ1) is 19.1. The molecule has 2 aromatic heterocycles. The average Bonchev–Trinajstić information content (AvgIpc) is 2.63. The van der Waals surface area contributed by atoms with E-state index in [1.807, 2.05) is 42.7 Å². The van der Waals surface area contributed by atoms with E-state index in [9.17, 15) is 0 Å². The maximum Gasteiger partial charge on any atom is 0.191 e. The number of hydrogen-bond acceptors (Lipinski definition) is 3. The molecule has 2 heterocycles. The highest BCUT2D eigenvalue weighted by molar-refractivity contribution is 14.0. The van der Waals surface area contributed by atoms with Crippen molar-refractivity contribution >= 4 is 40.8 Å². The predicted molar refractivity (Wildman–Crippen MR) is 113 cm³/mol. The number of guanidine groups is 1. The molecule has 2 N–H and O–H groups in total. The molecule has 6 heteroatoms. The summed E-state index contributed by atoms with van der Waals surface area (Å²) < 4.78 is 0. The first-order valence-electron chi connectivity index (χ1n) is 7.95. The van der Waals surface area contributed by atoms with Crippen LogP contribution in [0, 0.1) is 6.92 Å². The largest absolute Gasteiger partial charge is 0.352 e. The van der Waals surface area contributed by atoms with Gasteiger partial charge in [-0.2, -0.15) is 0 Å². The molecule has 0 saturated heterocycles. The van der Waals surface area contributed by atoms with Crippen LogP contribution in [0.2, 0.25) is 0 Å². The molecule has 0 aliphatic heterocycles. The number of hydrogen-bond donors (Lipinski definition) is 2. The van der Waals surface area contributed by atoms with Gasteiger partial charge in [0.25, 0.3) is 0 Å². The molecule has 0 spiro atoms. The first-order valence-corrected chi connectivity index (χ1v) is 7.95. The number of nitrogens with zero attached hydrogens (tertiary/aromatic N) is 3. The molecule has 130 valence electrons. The number of aromatic nitrogens is 2. The van der Waals surface area contributed by atoms with Crippen molar-refractivity contribution in [2.75, 3.05) is 7.05 Å². The number of nitrogens with one attached hydrogen (secondary N) is 2. The lowest BCUT2D eigenvalue weighted by Gasteiger charge is -2.13. The highest BCUT2D eigenvalue weighted by Gasteiger charge is 2.04. The molecule has 0 unspecified atom stereocenters. The Bertz CT molecular complexity index is 858. The number of pyridine rings is 2. The van der Waals surface area contributed by atoms with Crippen LogP contribution in [0.5, 0.6) is 0 Å². The lowest BCUT2D eigenvalue weighted by Crippen LogP contribution is -2.36. The summed E-state index contributed by atoms with van der Waals surface area (Å²) >= 11 is 0. The Hall–Kier alpha value is -2.22. The highest BCUT2D eigenvalue weighted by atomic mass is 127. The van der Waals surface area contributed by atoms with Crippen molar-refractivity contribution in [2.45, 2.75) is 20.0 Å². The molecule has 0 bridgehead atoms. The van der Waals surface area contributed by atoms with E-state index in [4.69, 9.17) is 0 Å². The smallest absolute Gasteiger partial charge is 0.191 e. The normalized spacial score (nSPS) is 11.0. The number of rotatable bonds is 4. The first-order chi connectivity index (χ1) is 11.8. The molecular formula is C19H22IN5. The zero-order valence-electron chi connectivity index (χ0n) is 14.4. The zero-order chi connectivity index (χ0) is 16.8. The molecule has 0 radical (unpaired) electrons. The molecule has 0 fully saturated rings. The van der Waals surface area contributed by atoms with Crippen LogP contribution in [0.1, 0.15) is 16.8 Å². The van der Waals surface area contributed by atoms with E-state index in [2.05, 4.69) is 44.7 Å². The van der Waals surface area contributed by atoms with E-state index < -0.39 is 0 Å². The molecule has 3 aromatic rings. The number of aryl methyl sites for hydroxylation is 1. The summed E-state index contributed by atoms with van der Waals surface area (Å²) in [4.78, 5) is 13.1. The standard InChI is InChI=1S/C19H21N5.HI/c1-14-6-5-10-21-18(14)13-24-19(20-2)23-12-15-9-11-22-17-8-4-3-7-16(15)17;/h3-11H,12-13H2,1-2H3,(H2,20,23,24);1H. The zero-order valence-corrected chi connectivity index (χ0v) is 16.7. The summed E-state index contributed by atoms with van der Waals surface area (Å²) in [7, 11) is 1.77. The van der Waals surface area contributed by atoms with E-state index in [-0.39, 0.29) is 24.0 Å². The van der Waals surface area contributed by atoms with Gasteiger partial charge in [0, 0.05) is 31.4 Å². The van der Waals surface area contributed by atoms with E-state index in [1.165, 1.54) is 11.1 Å². The maximum atomic E-state index is 4.39. The lowest BCUT2D eigenvalue weighted by atomic mass is 10.1. The minimum Gasteiger partial charge on any atom is -0.352 e. The second-order valence-corrected chi connectivity index (χ2v) is 5.53. The predicted octanol–water partition coefficient (Wildman–Crippen LogP) is 3.42. The van der Waals surface area contributed by atoms with Crippen LogP contribution in [-0.4, -0.2) is 23.0 Å². The van der Waals surface area contributed by atoms with Gasteiger partial charge in [0.15, 0.2) is 5.96 Å². The molecule has 5 nitrogen and oxygen atoms in total. The van der Waals surface area contributed by atoms with Gasteiger partial charge in [-0.15, -0.1) is 24.0 Å². The second kappa shape index (κ2) is 9.31. The molecule has 25 heavy (non-hydrogen) atoms. The number of aliphatic imine (C=N–C) groups is 1. The van der Waals surface area contributed by atoms with Gasteiger partial charge < -0.3 is 10.6 Å². The average molecular weight is 447 g/mol. The highest BCUT2D eigenvalue weighted by Crippen LogP contribution is 2.15. The van der Waals surface area contributed by atoms with Gasteiger partial charge in [-0.1, -0.05) is 24.3 Å². The summed E-state index contributed by atoms with van der Waals surface area (Å²) in [6.45, 7) is 3.39. The molecule has 0 amide bonds. The van der Waals surface area contributed by atoms with E-state index in [0.29, 0.717) is 13.1 Å². The Morgan fingerprint density at radius 2 is 1.76 bits per heavy atom. The molecular weight excluding hydrogens is 425 g/mol. The summed E-state index contributed by atoms with van der Waals surface area (Å²) in [5, 5.41) is 7.81. The van der Waals surface area contributed by atoms with Gasteiger partial charge in [0.2, 0.25) is 0 Å². The van der Waals surface area contributed by atoms with Crippen molar-refractivity contribution in [1.29, 1.82) is 0 Å². The van der Waals surface area contributed by atoms with Crippen molar-refractivity contribution < 1.29 is 0 Å². The Balaban J connectivity index is 0.00000225. The summed E-state index contributed by atoms with van der Waals surface area (Å²) in [6.07, 6.45) is 3.65. The molecule has 0 saturated carbocycles. The fraction of sp³-hybridized carbons (Fsp3) is 0.211. The fourth-order valence-electron chi connectivity index (χ4n) is 2.58.